The van der Waals surface area contributed by atoms with E-state index < -0.39 is 0 Å². The monoisotopic (exact) mass is 285 g/mol. The Labute approximate surface area is 117 Å². The zero-order valence-electron chi connectivity index (χ0n) is 11.1. The predicted molar refractivity (Wildman–Crippen MR) is 76.3 cm³/mol. The van der Waals surface area contributed by atoms with Crippen molar-refractivity contribution in [3.63, 3.8) is 0 Å². The third kappa shape index (κ3) is 5.42. The maximum Gasteiger partial charge on any atom is 0.239 e. The fourth-order valence-electron chi connectivity index (χ4n) is 1.77. The number of hydrogen-bond acceptors (Lipinski definition) is 3. The van der Waals surface area contributed by atoms with Crippen molar-refractivity contribution in [3.8, 4) is 0 Å². The number of carbonyl (C=O) groups is 1. The van der Waals surface area contributed by atoms with Crippen molar-refractivity contribution in [1.82, 2.24) is 15.1 Å². The fourth-order valence-corrected chi connectivity index (χ4v) is 1.77. The predicted octanol–water partition coefficient (Wildman–Crippen LogP) is 0.990. The molecular formula is C11H25Cl2N3O. The topological polar surface area (TPSA) is 35.6 Å². The number of carbonyl (C=O) groups excluding carboxylic acids is 1. The second-order valence-corrected chi connectivity index (χ2v) is 4.50. The minimum atomic E-state index is 0. The van der Waals surface area contributed by atoms with Crippen molar-refractivity contribution >= 4 is 30.7 Å². The van der Waals surface area contributed by atoms with Gasteiger partial charge in [-0.25, -0.2) is 0 Å². The lowest BCUT2D eigenvalue weighted by molar-refractivity contribution is -0.136. The molecule has 1 unspecified atom stereocenters. The number of hydrogen-bond donors (Lipinski definition) is 1. The van der Waals surface area contributed by atoms with Crippen LogP contribution in [0.3, 0.4) is 0 Å². The lowest BCUT2D eigenvalue weighted by Gasteiger charge is -2.35. The molecule has 4 nitrogen and oxygen atoms in total. The van der Waals surface area contributed by atoms with Crippen LogP contribution in [0.25, 0.3) is 0 Å². The molecule has 1 aliphatic heterocycles. The van der Waals surface area contributed by atoms with Gasteiger partial charge in [-0.15, -0.1) is 24.8 Å². The molecule has 6 heteroatoms. The Morgan fingerprint density at radius 2 is 1.65 bits per heavy atom. The van der Waals surface area contributed by atoms with Crippen LogP contribution in [-0.4, -0.2) is 61.0 Å². The second-order valence-electron chi connectivity index (χ2n) is 4.50. The number of rotatable bonds is 3. The van der Waals surface area contributed by atoms with Gasteiger partial charge in [0.15, 0.2) is 0 Å². The van der Waals surface area contributed by atoms with Gasteiger partial charge in [0.2, 0.25) is 5.91 Å². The molecule has 0 aromatic rings. The van der Waals surface area contributed by atoms with Gasteiger partial charge in [-0.3, -0.25) is 9.69 Å². The first-order valence-electron chi connectivity index (χ1n) is 5.75. The summed E-state index contributed by atoms with van der Waals surface area (Å²) in [6.45, 7) is 10.0. The number of nitrogens with zero attached hydrogens (tertiary/aromatic N) is 2. The summed E-state index contributed by atoms with van der Waals surface area (Å²) >= 11 is 0. The van der Waals surface area contributed by atoms with E-state index in [4.69, 9.17) is 0 Å². The number of nitrogens with one attached hydrogen (secondary N) is 1. The molecular weight excluding hydrogens is 261 g/mol. The Bertz CT molecular complexity index is 221. The number of amides is 1. The molecule has 0 saturated carbocycles. The van der Waals surface area contributed by atoms with Crippen LogP contribution in [0.4, 0.5) is 0 Å². The van der Waals surface area contributed by atoms with E-state index >= 15 is 0 Å². The standard InChI is InChI=1S/C11H23N3O.2ClH/c1-9(2)13(4)11(15)10(3)14-7-5-12-6-8-14;;/h9-10,12H,5-8H2,1-4H3;2*1H. The Hall–Kier alpha value is -0.0300. The minimum Gasteiger partial charge on any atom is -0.342 e. The summed E-state index contributed by atoms with van der Waals surface area (Å²) in [5.74, 6) is 0.229. The molecule has 1 rings (SSSR count). The summed E-state index contributed by atoms with van der Waals surface area (Å²) < 4.78 is 0. The zero-order chi connectivity index (χ0) is 11.4. The fraction of sp³-hybridized carbons (Fsp3) is 0.909. The Morgan fingerprint density at radius 3 is 2.06 bits per heavy atom. The van der Waals surface area contributed by atoms with Gasteiger partial charge in [-0.2, -0.15) is 0 Å². The Morgan fingerprint density at radius 1 is 1.18 bits per heavy atom. The van der Waals surface area contributed by atoms with E-state index in [0.29, 0.717) is 0 Å². The summed E-state index contributed by atoms with van der Waals surface area (Å²) in [4.78, 5) is 16.1. The maximum absolute atomic E-state index is 12.0. The van der Waals surface area contributed by atoms with Crippen LogP contribution in [0.5, 0.6) is 0 Å². The molecule has 1 saturated heterocycles. The highest BCUT2D eigenvalue weighted by atomic mass is 35.5. The molecule has 1 atom stereocenters. The molecule has 0 spiro atoms. The van der Waals surface area contributed by atoms with Crippen LogP contribution >= 0.6 is 24.8 Å². The third-order valence-corrected chi connectivity index (χ3v) is 3.18. The average Bonchev–Trinajstić information content (AvgIpc) is 2.27. The first-order valence-corrected chi connectivity index (χ1v) is 5.75. The highest BCUT2D eigenvalue weighted by Crippen LogP contribution is 2.06. The van der Waals surface area contributed by atoms with Crippen molar-refractivity contribution in [2.75, 3.05) is 33.2 Å². The quantitative estimate of drug-likeness (QED) is 0.840. The van der Waals surface area contributed by atoms with Crippen LogP contribution < -0.4 is 5.32 Å². The van der Waals surface area contributed by atoms with E-state index in [1.807, 2.05) is 32.7 Å². The lowest BCUT2D eigenvalue weighted by Crippen LogP contribution is -2.53. The van der Waals surface area contributed by atoms with Crippen LogP contribution in [0.1, 0.15) is 20.8 Å². The second kappa shape index (κ2) is 8.97. The molecule has 0 radical (unpaired) electrons. The largest absolute Gasteiger partial charge is 0.342 e. The van der Waals surface area contributed by atoms with E-state index in [1.54, 1.807) is 0 Å². The van der Waals surface area contributed by atoms with E-state index in [-0.39, 0.29) is 42.8 Å². The Kier molecular flexibility index (Phi) is 10.2. The molecule has 1 amide bonds. The summed E-state index contributed by atoms with van der Waals surface area (Å²) in [6.07, 6.45) is 0. The number of halogens is 2. The van der Waals surface area contributed by atoms with Crippen molar-refractivity contribution < 1.29 is 4.79 Å². The molecule has 0 aliphatic carbocycles. The van der Waals surface area contributed by atoms with Gasteiger partial charge in [0.25, 0.3) is 0 Å². The zero-order valence-corrected chi connectivity index (χ0v) is 12.7. The third-order valence-electron chi connectivity index (χ3n) is 3.18. The summed E-state index contributed by atoms with van der Waals surface area (Å²) in [5, 5.41) is 3.29. The van der Waals surface area contributed by atoms with Crippen LogP contribution in [0, 0.1) is 0 Å². The normalized spacial score (nSPS) is 17.9. The summed E-state index contributed by atoms with van der Waals surface area (Å²) in [6, 6.07) is 0.294. The molecule has 1 aliphatic rings. The van der Waals surface area contributed by atoms with Crippen LogP contribution in [0.15, 0.2) is 0 Å². The SMILES string of the molecule is CC(C(=O)N(C)C(C)C)N1CCNCC1.Cl.Cl. The molecule has 1 fully saturated rings. The van der Waals surface area contributed by atoms with Gasteiger partial charge in [-0.05, 0) is 20.8 Å². The first kappa shape index (κ1) is 19.3. The van der Waals surface area contributed by atoms with E-state index in [0.717, 1.165) is 26.2 Å². The molecule has 0 aromatic heterocycles. The number of likely N-dealkylation sites (N-methyl/N-ethyl adjacent to an activating group) is 1. The van der Waals surface area contributed by atoms with Crippen LogP contribution in [-0.2, 0) is 4.79 Å². The highest BCUT2D eigenvalue weighted by molar-refractivity contribution is 5.85. The average molecular weight is 286 g/mol. The van der Waals surface area contributed by atoms with Gasteiger partial charge >= 0.3 is 0 Å². The maximum atomic E-state index is 12.0. The number of piperazine rings is 1. The van der Waals surface area contributed by atoms with Crippen molar-refractivity contribution in [2.45, 2.75) is 32.9 Å². The highest BCUT2D eigenvalue weighted by Gasteiger charge is 2.25. The molecule has 1 N–H and O–H groups in total. The molecule has 1 heterocycles. The molecule has 0 bridgehead atoms. The minimum absolute atomic E-state index is 0. The van der Waals surface area contributed by atoms with E-state index in [1.165, 1.54) is 0 Å². The van der Waals surface area contributed by atoms with Gasteiger partial charge in [-0.1, -0.05) is 0 Å². The molecule has 0 aromatic carbocycles. The van der Waals surface area contributed by atoms with Gasteiger partial charge < -0.3 is 10.2 Å². The summed E-state index contributed by atoms with van der Waals surface area (Å²) in [5.41, 5.74) is 0. The van der Waals surface area contributed by atoms with E-state index in [9.17, 15) is 4.79 Å². The van der Waals surface area contributed by atoms with Gasteiger partial charge in [0.1, 0.15) is 0 Å². The van der Waals surface area contributed by atoms with E-state index in [2.05, 4.69) is 10.2 Å². The smallest absolute Gasteiger partial charge is 0.239 e. The van der Waals surface area contributed by atoms with Crippen LogP contribution in [0.2, 0.25) is 0 Å². The van der Waals surface area contributed by atoms with Gasteiger partial charge in [0.05, 0.1) is 6.04 Å². The molecule has 104 valence electrons. The van der Waals surface area contributed by atoms with Crippen molar-refractivity contribution in [3.05, 3.63) is 0 Å². The van der Waals surface area contributed by atoms with Crippen molar-refractivity contribution in [1.29, 1.82) is 0 Å². The van der Waals surface area contributed by atoms with Gasteiger partial charge in [0, 0.05) is 39.3 Å². The molecule has 17 heavy (non-hydrogen) atoms. The summed E-state index contributed by atoms with van der Waals surface area (Å²) in [7, 11) is 1.88. The van der Waals surface area contributed by atoms with Crippen molar-refractivity contribution in [2.24, 2.45) is 0 Å². The lowest BCUT2D eigenvalue weighted by atomic mass is 10.2. The first-order chi connectivity index (χ1) is 7.04. The Balaban J connectivity index is 0.